The molecule has 6 heteroatoms. The SMILES string of the molecule is CN(C)C(=O)CO[C@@H]1COC2(CCN(Cc3ccsc3)CC2)C1. The van der Waals surface area contributed by atoms with Crippen molar-refractivity contribution < 1.29 is 14.3 Å². The average molecular weight is 338 g/mol. The molecule has 0 aromatic carbocycles. The van der Waals surface area contributed by atoms with Crippen LogP contribution in [0.25, 0.3) is 0 Å². The summed E-state index contributed by atoms with van der Waals surface area (Å²) in [4.78, 5) is 15.7. The highest BCUT2D eigenvalue weighted by Crippen LogP contribution is 2.37. The Kier molecular flexibility index (Phi) is 5.36. The highest BCUT2D eigenvalue weighted by Gasteiger charge is 2.43. The van der Waals surface area contributed by atoms with E-state index in [0.29, 0.717) is 6.61 Å². The Morgan fingerprint density at radius 2 is 2.26 bits per heavy atom. The van der Waals surface area contributed by atoms with Crippen LogP contribution in [0.15, 0.2) is 16.8 Å². The van der Waals surface area contributed by atoms with Crippen LogP contribution in [0.1, 0.15) is 24.8 Å². The molecule has 0 saturated carbocycles. The fraction of sp³-hybridized carbons (Fsp3) is 0.706. The van der Waals surface area contributed by atoms with Gasteiger partial charge in [0.1, 0.15) is 6.61 Å². The number of likely N-dealkylation sites (N-methyl/N-ethyl adjacent to an activating group) is 1. The lowest BCUT2D eigenvalue weighted by molar-refractivity contribution is -0.135. The van der Waals surface area contributed by atoms with Gasteiger partial charge in [-0.15, -0.1) is 0 Å². The van der Waals surface area contributed by atoms with E-state index in [9.17, 15) is 4.79 Å². The van der Waals surface area contributed by atoms with Gasteiger partial charge in [-0.05, 0) is 35.2 Å². The van der Waals surface area contributed by atoms with Crippen molar-refractivity contribution in [2.45, 2.75) is 37.5 Å². The molecule has 1 spiro atoms. The largest absolute Gasteiger partial charge is 0.372 e. The molecule has 2 saturated heterocycles. The van der Waals surface area contributed by atoms with Gasteiger partial charge in [-0.2, -0.15) is 11.3 Å². The van der Waals surface area contributed by atoms with Crippen molar-refractivity contribution in [2.24, 2.45) is 0 Å². The molecule has 5 nitrogen and oxygen atoms in total. The second-order valence-corrected chi connectivity index (χ2v) is 7.61. The second kappa shape index (κ2) is 7.30. The summed E-state index contributed by atoms with van der Waals surface area (Å²) in [7, 11) is 3.50. The van der Waals surface area contributed by atoms with Crippen molar-refractivity contribution in [1.29, 1.82) is 0 Å². The standard InChI is InChI=1S/C17H26N2O3S/c1-18(2)16(20)12-21-15-9-17(22-11-15)4-6-19(7-5-17)10-14-3-8-23-13-14/h3,8,13,15H,4-7,9-12H2,1-2H3/t15-/m0/s1. The number of hydrogen-bond acceptors (Lipinski definition) is 5. The lowest BCUT2D eigenvalue weighted by Crippen LogP contribution is -2.43. The van der Waals surface area contributed by atoms with Crippen molar-refractivity contribution in [3.05, 3.63) is 22.4 Å². The zero-order valence-corrected chi connectivity index (χ0v) is 14.8. The summed E-state index contributed by atoms with van der Waals surface area (Å²) in [6.45, 7) is 3.95. The molecule has 0 radical (unpaired) electrons. The van der Waals surface area contributed by atoms with Crippen LogP contribution in [0.5, 0.6) is 0 Å². The number of rotatable bonds is 5. The number of thiophene rings is 1. The fourth-order valence-electron chi connectivity index (χ4n) is 3.34. The van der Waals surface area contributed by atoms with Gasteiger partial charge in [0.2, 0.25) is 5.91 Å². The van der Waals surface area contributed by atoms with E-state index in [1.54, 1.807) is 30.3 Å². The van der Waals surface area contributed by atoms with Gasteiger partial charge in [0.05, 0.1) is 18.3 Å². The number of ether oxygens (including phenoxy) is 2. The van der Waals surface area contributed by atoms with Crippen molar-refractivity contribution in [2.75, 3.05) is 40.4 Å². The number of hydrogen-bond donors (Lipinski definition) is 0. The normalized spacial score (nSPS) is 24.2. The maximum atomic E-state index is 11.6. The molecule has 128 valence electrons. The van der Waals surface area contributed by atoms with E-state index < -0.39 is 0 Å². The zero-order valence-electron chi connectivity index (χ0n) is 14.0. The number of likely N-dealkylation sites (tertiary alicyclic amines) is 1. The average Bonchev–Trinajstić information content (AvgIpc) is 3.18. The predicted octanol–water partition coefficient (Wildman–Crippen LogP) is 1.98. The topological polar surface area (TPSA) is 42.0 Å². The summed E-state index contributed by atoms with van der Waals surface area (Å²) >= 11 is 1.76. The molecular weight excluding hydrogens is 312 g/mol. The molecule has 3 rings (SSSR count). The molecule has 0 N–H and O–H groups in total. The number of carbonyl (C=O) groups is 1. The summed E-state index contributed by atoms with van der Waals surface area (Å²) in [5, 5.41) is 4.36. The van der Waals surface area contributed by atoms with E-state index in [4.69, 9.17) is 9.47 Å². The molecule has 2 fully saturated rings. The molecule has 23 heavy (non-hydrogen) atoms. The second-order valence-electron chi connectivity index (χ2n) is 6.83. The van der Waals surface area contributed by atoms with Gasteiger partial charge in [-0.25, -0.2) is 0 Å². The monoisotopic (exact) mass is 338 g/mol. The maximum Gasteiger partial charge on any atom is 0.248 e. The van der Waals surface area contributed by atoms with Gasteiger partial charge in [-0.1, -0.05) is 0 Å². The van der Waals surface area contributed by atoms with E-state index in [-0.39, 0.29) is 24.2 Å². The summed E-state index contributed by atoms with van der Waals surface area (Å²) in [5.41, 5.74) is 1.37. The molecule has 2 aliphatic rings. The van der Waals surface area contributed by atoms with Crippen LogP contribution in [0.4, 0.5) is 0 Å². The highest BCUT2D eigenvalue weighted by atomic mass is 32.1. The Labute approximate surface area is 142 Å². The minimum atomic E-state index is -0.0308. The number of nitrogens with zero attached hydrogens (tertiary/aromatic N) is 2. The molecular formula is C17H26N2O3S. The summed E-state index contributed by atoms with van der Waals surface area (Å²) in [6.07, 6.45) is 3.08. The molecule has 1 aromatic heterocycles. The van der Waals surface area contributed by atoms with Crippen LogP contribution in [0, 0.1) is 0 Å². The third-order valence-electron chi connectivity index (χ3n) is 4.87. The van der Waals surface area contributed by atoms with Crippen LogP contribution in [0.3, 0.4) is 0 Å². The Bertz CT molecular complexity index is 510. The minimum absolute atomic E-state index is 0.0107. The van der Waals surface area contributed by atoms with Gasteiger partial charge >= 0.3 is 0 Å². The molecule has 1 aromatic rings. The first kappa shape index (κ1) is 16.9. The lowest BCUT2D eigenvalue weighted by atomic mass is 9.88. The molecule has 1 atom stereocenters. The predicted molar refractivity (Wildman–Crippen MR) is 90.6 cm³/mol. The van der Waals surface area contributed by atoms with E-state index in [1.807, 2.05) is 0 Å². The van der Waals surface area contributed by atoms with Crippen LogP contribution in [0.2, 0.25) is 0 Å². The molecule has 0 unspecified atom stereocenters. The lowest BCUT2D eigenvalue weighted by Gasteiger charge is -2.38. The molecule has 0 aliphatic carbocycles. The van der Waals surface area contributed by atoms with Crippen LogP contribution < -0.4 is 0 Å². The van der Waals surface area contributed by atoms with Crippen molar-refractivity contribution in [3.63, 3.8) is 0 Å². The molecule has 1 amide bonds. The number of amides is 1. The van der Waals surface area contributed by atoms with Crippen LogP contribution in [-0.2, 0) is 20.8 Å². The van der Waals surface area contributed by atoms with Crippen LogP contribution in [-0.4, -0.2) is 67.8 Å². The smallest absolute Gasteiger partial charge is 0.248 e. The van der Waals surface area contributed by atoms with Gasteiger partial charge < -0.3 is 14.4 Å². The molecule has 3 heterocycles. The Hall–Kier alpha value is -0.950. The van der Waals surface area contributed by atoms with E-state index >= 15 is 0 Å². The molecule has 2 aliphatic heterocycles. The summed E-state index contributed by atoms with van der Waals surface area (Å²) in [6, 6.07) is 2.20. The Morgan fingerprint density at radius 1 is 1.48 bits per heavy atom. The van der Waals surface area contributed by atoms with Gasteiger partial charge in [0, 0.05) is 40.2 Å². The van der Waals surface area contributed by atoms with E-state index in [1.165, 1.54) is 5.56 Å². The van der Waals surface area contributed by atoms with Gasteiger partial charge in [-0.3, -0.25) is 9.69 Å². The number of carbonyl (C=O) groups excluding carboxylic acids is 1. The van der Waals surface area contributed by atoms with E-state index in [0.717, 1.165) is 38.9 Å². The van der Waals surface area contributed by atoms with Crippen LogP contribution >= 0.6 is 11.3 Å². The Balaban J connectivity index is 1.43. The first-order chi connectivity index (χ1) is 11.1. The van der Waals surface area contributed by atoms with Crippen molar-refractivity contribution >= 4 is 17.2 Å². The van der Waals surface area contributed by atoms with Gasteiger partial charge in [0.15, 0.2) is 0 Å². The molecule has 0 bridgehead atoms. The Morgan fingerprint density at radius 3 is 2.91 bits per heavy atom. The van der Waals surface area contributed by atoms with Crippen molar-refractivity contribution in [1.82, 2.24) is 9.80 Å². The minimum Gasteiger partial charge on any atom is -0.372 e. The highest BCUT2D eigenvalue weighted by molar-refractivity contribution is 7.07. The summed E-state index contributed by atoms with van der Waals surface area (Å²) < 4.78 is 11.8. The first-order valence-corrected chi connectivity index (χ1v) is 9.20. The zero-order chi connectivity index (χ0) is 16.3. The first-order valence-electron chi connectivity index (χ1n) is 8.25. The summed E-state index contributed by atoms with van der Waals surface area (Å²) in [5.74, 6) is 0.0107. The maximum absolute atomic E-state index is 11.6. The van der Waals surface area contributed by atoms with Crippen molar-refractivity contribution in [3.8, 4) is 0 Å². The van der Waals surface area contributed by atoms with Gasteiger partial charge in [0.25, 0.3) is 0 Å². The number of piperidine rings is 1. The van der Waals surface area contributed by atoms with E-state index in [2.05, 4.69) is 21.7 Å². The third kappa shape index (κ3) is 4.32. The fourth-order valence-corrected chi connectivity index (χ4v) is 4.00. The quantitative estimate of drug-likeness (QED) is 0.823. The third-order valence-corrected chi connectivity index (χ3v) is 5.60.